The van der Waals surface area contributed by atoms with E-state index >= 15 is 0 Å². The first kappa shape index (κ1) is 24.1. The van der Waals surface area contributed by atoms with Crippen LogP contribution in [0.2, 0.25) is 10.0 Å². The zero-order valence-corrected chi connectivity index (χ0v) is 19.2. The van der Waals surface area contributed by atoms with Crippen LogP contribution in [0.15, 0.2) is 71.8 Å². The highest BCUT2D eigenvalue weighted by molar-refractivity contribution is 6.39. The normalized spacial score (nSPS) is 10.6. The number of carbonyl (C=O) groups is 2. The Kier molecular flexibility index (Phi) is 8.69. The molecular weight excluding hydrogens is 465 g/mol. The van der Waals surface area contributed by atoms with E-state index in [0.717, 1.165) is 5.56 Å². The number of rotatable bonds is 8. The number of carbonyl (C=O) groups excluding carboxylic acids is 2. The molecular formula is C24H21Cl2N3O4. The van der Waals surface area contributed by atoms with Crippen LogP contribution in [0.4, 0.5) is 5.69 Å². The van der Waals surface area contributed by atoms with Gasteiger partial charge in [-0.2, -0.15) is 5.10 Å². The van der Waals surface area contributed by atoms with Crippen LogP contribution in [0, 0.1) is 0 Å². The summed E-state index contributed by atoms with van der Waals surface area (Å²) in [6.07, 6.45) is 1.35. The third kappa shape index (κ3) is 7.24. The standard InChI is InChI=1S/C24H21Cl2N3O4/c1-2-32-21-12-17(11-20(26)22(21)33-15-16-7-4-3-5-8-16)14-27-29-24(31)23(30)28-19-10-6-9-18(25)13-19/h3-14H,2,15H2,1H3,(H,28,30)(H,29,31)/b27-14-. The van der Waals surface area contributed by atoms with Crippen LogP contribution in [-0.4, -0.2) is 24.6 Å². The Morgan fingerprint density at radius 1 is 0.970 bits per heavy atom. The van der Waals surface area contributed by atoms with Crippen LogP contribution in [0.5, 0.6) is 11.5 Å². The van der Waals surface area contributed by atoms with Gasteiger partial charge in [0.15, 0.2) is 11.5 Å². The Hall–Kier alpha value is -3.55. The summed E-state index contributed by atoms with van der Waals surface area (Å²) < 4.78 is 11.5. The second-order valence-corrected chi connectivity index (χ2v) is 7.54. The predicted molar refractivity (Wildman–Crippen MR) is 129 cm³/mol. The predicted octanol–water partition coefficient (Wildman–Crippen LogP) is 5.06. The van der Waals surface area contributed by atoms with Crippen molar-refractivity contribution in [3.8, 4) is 11.5 Å². The van der Waals surface area contributed by atoms with Gasteiger partial charge in [-0.25, -0.2) is 5.43 Å². The second kappa shape index (κ2) is 11.9. The maximum Gasteiger partial charge on any atom is 0.329 e. The van der Waals surface area contributed by atoms with Gasteiger partial charge < -0.3 is 14.8 Å². The third-order valence-electron chi connectivity index (χ3n) is 4.23. The van der Waals surface area contributed by atoms with Gasteiger partial charge >= 0.3 is 11.8 Å². The molecule has 0 aromatic heterocycles. The zero-order valence-electron chi connectivity index (χ0n) is 17.7. The molecule has 9 heteroatoms. The van der Waals surface area contributed by atoms with Crippen LogP contribution < -0.4 is 20.2 Å². The van der Waals surface area contributed by atoms with Crippen LogP contribution >= 0.6 is 23.2 Å². The van der Waals surface area contributed by atoms with E-state index in [-0.39, 0.29) is 0 Å². The average molecular weight is 486 g/mol. The van der Waals surface area contributed by atoms with Crippen molar-refractivity contribution >= 4 is 46.9 Å². The van der Waals surface area contributed by atoms with E-state index in [2.05, 4.69) is 15.8 Å². The lowest BCUT2D eigenvalue weighted by Crippen LogP contribution is -2.32. The average Bonchev–Trinajstić information content (AvgIpc) is 2.79. The van der Waals surface area contributed by atoms with E-state index in [4.69, 9.17) is 32.7 Å². The molecule has 7 nitrogen and oxygen atoms in total. The first-order valence-electron chi connectivity index (χ1n) is 9.99. The molecule has 0 aliphatic heterocycles. The van der Waals surface area contributed by atoms with Gasteiger partial charge in [-0.15, -0.1) is 0 Å². The minimum absolute atomic E-state index is 0.323. The van der Waals surface area contributed by atoms with Gasteiger partial charge in [0.2, 0.25) is 0 Å². The summed E-state index contributed by atoms with van der Waals surface area (Å²) in [5, 5.41) is 7.01. The molecule has 0 spiro atoms. The number of nitrogens with one attached hydrogen (secondary N) is 2. The number of halogens is 2. The van der Waals surface area contributed by atoms with E-state index < -0.39 is 11.8 Å². The lowest BCUT2D eigenvalue weighted by Gasteiger charge is -2.14. The van der Waals surface area contributed by atoms with Crippen molar-refractivity contribution in [2.24, 2.45) is 5.10 Å². The molecule has 3 aromatic rings. The molecule has 0 radical (unpaired) electrons. The minimum Gasteiger partial charge on any atom is -0.490 e. The molecule has 3 rings (SSSR count). The molecule has 0 bridgehead atoms. The van der Waals surface area contributed by atoms with E-state index in [9.17, 15) is 9.59 Å². The third-order valence-corrected chi connectivity index (χ3v) is 4.74. The fourth-order valence-electron chi connectivity index (χ4n) is 2.77. The van der Waals surface area contributed by atoms with Gasteiger partial charge in [0, 0.05) is 10.7 Å². The molecule has 3 aromatic carbocycles. The van der Waals surface area contributed by atoms with Gasteiger partial charge in [0.05, 0.1) is 17.8 Å². The number of nitrogens with zero attached hydrogens (tertiary/aromatic N) is 1. The van der Waals surface area contributed by atoms with Crippen molar-refractivity contribution in [1.29, 1.82) is 0 Å². The van der Waals surface area contributed by atoms with Crippen molar-refractivity contribution in [2.75, 3.05) is 11.9 Å². The Labute approximate surface area is 201 Å². The summed E-state index contributed by atoms with van der Waals surface area (Å²) in [5.74, 6) is -0.978. The molecule has 2 N–H and O–H groups in total. The van der Waals surface area contributed by atoms with E-state index in [0.29, 0.717) is 46.0 Å². The molecule has 0 unspecified atom stereocenters. The Balaban J connectivity index is 1.64. The highest BCUT2D eigenvalue weighted by Crippen LogP contribution is 2.37. The highest BCUT2D eigenvalue weighted by atomic mass is 35.5. The summed E-state index contributed by atoms with van der Waals surface area (Å²) in [6.45, 7) is 2.57. The quantitative estimate of drug-likeness (QED) is 0.265. The first-order valence-corrected chi connectivity index (χ1v) is 10.7. The molecule has 0 aliphatic rings. The highest BCUT2D eigenvalue weighted by Gasteiger charge is 2.14. The summed E-state index contributed by atoms with van der Waals surface area (Å²) in [4.78, 5) is 24.0. The van der Waals surface area contributed by atoms with Crippen LogP contribution in [0.25, 0.3) is 0 Å². The van der Waals surface area contributed by atoms with Gasteiger partial charge in [0.1, 0.15) is 6.61 Å². The lowest BCUT2D eigenvalue weighted by atomic mass is 10.2. The number of ether oxygens (including phenoxy) is 2. The number of hydrogen-bond acceptors (Lipinski definition) is 5. The monoisotopic (exact) mass is 485 g/mol. The second-order valence-electron chi connectivity index (χ2n) is 6.70. The van der Waals surface area contributed by atoms with Crippen molar-refractivity contribution in [3.63, 3.8) is 0 Å². The molecule has 2 amide bonds. The van der Waals surface area contributed by atoms with E-state index in [1.54, 1.807) is 30.3 Å². The maximum atomic E-state index is 12.0. The molecule has 170 valence electrons. The number of hydrogen-bond donors (Lipinski definition) is 2. The summed E-state index contributed by atoms with van der Waals surface area (Å²) >= 11 is 12.3. The number of amides is 2. The summed E-state index contributed by atoms with van der Waals surface area (Å²) in [5.41, 5.74) is 4.10. The smallest absolute Gasteiger partial charge is 0.329 e. The Morgan fingerprint density at radius 3 is 2.48 bits per heavy atom. The minimum atomic E-state index is -0.940. The zero-order chi connectivity index (χ0) is 23.6. The van der Waals surface area contributed by atoms with E-state index in [1.807, 2.05) is 37.3 Å². The number of anilines is 1. The molecule has 0 heterocycles. The van der Waals surface area contributed by atoms with Crippen molar-refractivity contribution < 1.29 is 19.1 Å². The fourth-order valence-corrected chi connectivity index (χ4v) is 3.23. The summed E-state index contributed by atoms with van der Waals surface area (Å²) in [6, 6.07) is 19.4. The Morgan fingerprint density at radius 2 is 1.76 bits per heavy atom. The van der Waals surface area contributed by atoms with Gasteiger partial charge in [-0.3, -0.25) is 9.59 Å². The lowest BCUT2D eigenvalue weighted by molar-refractivity contribution is -0.136. The SMILES string of the molecule is CCOc1cc(/C=N\NC(=O)C(=O)Nc2cccc(Cl)c2)cc(Cl)c1OCc1ccccc1. The maximum absolute atomic E-state index is 12.0. The van der Waals surface area contributed by atoms with Crippen molar-refractivity contribution in [2.45, 2.75) is 13.5 Å². The van der Waals surface area contributed by atoms with E-state index in [1.165, 1.54) is 12.3 Å². The Bertz CT molecular complexity index is 1150. The van der Waals surface area contributed by atoms with Crippen LogP contribution in [0.3, 0.4) is 0 Å². The largest absolute Gasteiger partial charge is 0.490 e. The van der Waals surface area contributed by atoms with Crippen LogP contribution in [-0.2, 0) is 16.2 Å². The molecule has 0 atom stereocenters. The van der Waals surface area contributed by atoms with Crippen LogP contribution in [0.1, 0.15) is 18.1 Å². The van der Waals surface area contributed by atoms with Crippen molar-refractivity contribution in [3.05, 3.63) is 87.9 Å². The molecule has 33 heavy (non-hydrogen) atoms. The van der Waals surface area contributed by atoms with Gasteiger partial charge in [-0.05, 0) is 48.4 Å². The first-order chi connectivity index (χ1) is 16.0. The van der Waals surface area contributed by atoms with Gasteiger partial charge in [0.25, 0.3) is 0 Å². The fraction of sp³-hybridized carbons (Fsp3) is 0.125. The van der Waals surface area contributed by atoms with Gasteiger partial charge in [-0.1, -0.05) is 59.6 Å². The number of hydrazone groups is 1. The number of benzene rings is 3. The van der Waals surface area contributed by atoms with Crippen molar-refractivity contribution in [1.82, 2.24) is 5.43 Å². The summed E-state index contributed by atoms with van der Waals surface area (Å²) in [7, 11) is 0. The molecule has 0 saturated heterocycles. The molecule has 0 aliphatic carbocycles. The topological polar surface area (TPSA) is 89.0 Å². The molecule has 0 fully saturated rings. The molecule has 0 saturated carbocycles.